The minimum atomic E-state index is -3.81. The minimum Gasteiger partial charge on any atom is -0.459 e. The second kappa shape index (κ2) is 7.17. The molecule has 3 heterocycles. The molecule has 0 bridgehead atoms. The predicted molar refractivity (Wildman–Crippen MR) is 95.8 cm³/mol. The number of aromatic nitrogens is 2. The van der Waals surface area contributed by atoms with Crippen molar-refractivity contribution in [2.45, 2.75) is 23.7 Å². The molecule has 2 aromatic heterocycles. The van der Waals surface area contributed by atoms with Crippen molar-refractivity contribution in [3.05, 3.63) is 58.7 Å². The topological polar surface area (TPSA) is 133 Å². The Bertz CT molecular complexity index is 1080. The maximum Gasteiger partial charge on any atom is 0.283 e. The molecule has 0 saturated carbocycles. The molecule has 3 aromatic rings. The van der Waals surface area contributed by atoms with Gasteiger partial charge >= 0.3 is 0 Å². The number of benzene rings is 1. The lowest BCUT2D eigenvalue weighted by atomic mass is 9.98. The van der Waals surface area contributed by atoms with E-state index < -0.39 is 14.9 Å². The van der Waals surface area contributed by atoms with Crippen molar-refractivity contribution < 1.29 is 22.2 Å². The monoisotopic (exact) mass is 404 g/mol. The van der Waals surface area contributed by atoms with Crippen LogP contribution in [0.5, 0.6) is 0 Å². The molecule has 1 saturated heterocycles. The molecule has 28 heavy (non-hydrogen) atoms. The van der Waals surface area contributed by atoms with Crippen molar-refractivity contribution in [2.24, 2.45) is 0 Å². The first-order chi connectivity index (χ1) is 13.4. The fourth-order valence-corrected chi connectivity index (χ4v) is 4.66. The number of nitro groups is 1. The average Bonchev–Trinajstić information content (AvgIpc) is 3.40. The number of furan rings is 1. The summed E-state index contributed by atoms with van der Waals surface area (Å²) in [5, 5.41) is 18.9. The number of hydrogen-bond donors (Lipinski definition) is 0. The van der Waals surface area contributed by atoms with Crippen molar-refractivity contribution in [3.8, 4) is 11.7 Å². The predicted octanol–water partition coefficient (Wildman–Crippen LogP) is 2.81. The largest absolute Gasteiger partial charge is 0.459 e. The average molecular weight is 404 g/mol. The van der Waals surface area contributed by atoms with E-state index in [-0.39, 0.29) is 35.5 Å². The number of non-ortho nitro benzene ring substituents is 1. The van der Waals surface area contributed by atoms with E-state index in [0.29, 0.717) is 24.5 Å². The highest BCUT2D eigenvalue weighted by molar-refractivity contribution is 7.89. The van der Waals surface area contributed by atoms with Crippen LogP contribution >= 0.6 is 0 Å². The fraction of sp³-hybridized carbons (Fsp3) is 0.294. The number of nitro benzene ring substituents is 1. The number of hydrogen-bond acceptors (Lipinski definition) is 8. The van der Waals surface area contributed by atoms with Crippen LogP contribution in [0, 0.1) is 10.1 Å². The van der Waals surface area contributed by atoms with E-state index >= 15 is 0 Å². The van der Waals surface area contributed by atoms with Gasteiger partial charge < -0.3 is 8.83 Å². The summed E-state index contributed by atoms with van der Waals surface area (Å²) in [6, 6.07) is 8.50. The molecule has 0 atom stereocenters. The standard InChI is InChI=1S/C17H16N4O6S/c22-21(23)13-3-1-4-14(11-13)28(24,25)20-8-6-12(7-9-20)16-18-19-17(27-16)15-5-2-10-26-15/h1-5,10-12H,6-9H2. The molecule has 0 N–H and O–H groups in total. The highest BCUT2D eigenvalue weighted by atomic mass is 32.2. The number of nitrogens with zero attached hydrogens (tertiary/aromatic N) is 4. The normalized spacial score (nSPS) is 16.3. The number of rotatable bonds is 5. The van der Waals surface area contributed by atoms with Gasteiger partial charge in [0.2, 0.25) is 15.9 Å². The molecule has 0 aliphatic carbocycles. The molecule has 1 aliphatic heterocycles. The SMILES string of the molecule is O=[N+]([O-])c1cccc(S(=O)(=O)N2CCC(c3nnc(-c4ccco4)o3)CC2)c1. The third kappa shape index (κ3) is 3.41. The summed E-state index contributed by atoms with van der Waals surface area (Å²) < 4.78 is 37.8. The van der Waals surface area contributed by atoms with E-state index in [9.17, 15) is 18.5 Å². The van der Waals surface area contributed by atoms with E-state index in [1.807, 2.05) is 0 Å². The second-order valence-electron chi connectivity index (χ2n) is 6.36. The van der Waals surface area contributed by atoms with Gasteiger partial charge in [0.15, 0.2) is 5.76 Å². The Balaban J connectivity index is 1.46. The third-order valence-corrected chi connectivity index (χ3v) is 6.54. The van der Waals surface area contributed by atoms with Crippen molar-refractivity contribution >= 4 is 15.7 Å². The summed E-state index contributed by atoms with van der Waals surface area (Å²) in [7, 11) is -3.81. The summed E-state index contributed by atoms with van der Waals surface area (Å²) in [6.07, 6.45) is 2.53. The molecule has 146 valence electrons. The van der Waals surface area contributed by atoms with Gasteiger partial charge in [0.25, 0.3) is 11.6 Å². The molecule has 1 aliphatic rings. The Morgan fingerprint density at radius 2 is 1.93 bits per heavy atom. The summed E-state index contributed by atoms with van der Waals surface area (Å²) >= 11 is 0. The zero-order valence-electron chi connectivity index (χ0n) is 14.6. The first-order valence-corrected chi connectivity index (χ1v) is 10.0. The van der Waals surface area contributed by atoms with Crippen LogP contribution in [0.1, 0.15) is 24.7 Å². The van der Waals surface area contributed by atoms with Crippen LogP contribution < -0.4 is 0 Å². The van der Waals surface area contributed by atoms with Crippen molar-refractivity contribution in [1.82, 2.24) is 14.5 Å². The molecule has 1 aromatic carbocycles. The van der Waals surface area contributed by atoms with Crippen molar-refractivity contribution in [2.75, 3.05) is 13.1 Å². The maximum absolute atomic E-state index is 12.8. The van der Waals surface area contributed by atoms with Crippen LogP contribution in [0.3, 0.4) is 0 Å². The fourth-order valence-electron chi connectivity index (χ4n) is 3.15. The molecule has 1 fully saturated rings. The van der Waals surface area contributed by atoms with Gasteiger partial charge in [-0.05, 0) is 31.0 Å². The summed E-state index contributed by atoms with van der Waals surface area (Å²) in [5.74, 6) is 1.14. The van der Waals surface area contributed by atoms with Gasteiger partial charge in [-0.15, -0.1) is 10.2 Å². The summed E-state index contributed by atoms with van der Waals surface area (Å²) in [6.45, 7) is 0.516. The van der Waals surface area contributed by atoms with Crippen LogP contribution in [0.25, 0.3) is 11.7 Å². The lowest BCUT2D eigenvalue weighted by molar-refractivity contribution is -0.385. The highest BCUT2D eigenvalue weighted by Gasteiger charge is 2.32. The van der Waals surface area contributed by atoms with Gasteiger partial charge in [0.05, 0.1) is 16.1 Å². The number of sulfonamides is 1. The summed E-state index contributed by atoms with van der Waals surface area (Å²) in [4.78, 5) is 10.2. The minimum absolute atomic E-state index is 0.0622. The van der Waals surface area contributed by atoms with E-state index in [4.69, 9.17) is 8.83 Å². The van der Waals surface area contributed by atoms with Gasteiger partial charge in [-0.25, -0.2) is 8.42 Å². The van der Waals surface area contributed by atoms with Gasteiger partial charge in [-0.2, -0.15) is 4.31 Å². The Hall–Kier alpha value is -3.05. The van der Waals surface area contributed by atoms with Gasteiger partial charge in [-0.1, -0.05) is 6.07 Å². The second-order valence-corrected chi connectivity index (χ2v) is 8.29. The maximum atomic E-state index is 12.8. The van der Waals surface area contributed by atoms with E-state index in [1.165, 1.54) is 28.8 Å². The zero-order chi connectivity index (χ0) is 19.7. The number of piperidine rings is 1. The molecule has 4 rings (SSSR count). The quantitative estimate of drug-likeness (QED) is 0.468. The molecular weight excluding hydrogens is 388 g/mol. The van der Waals surface area contributed by atoms with Crippen molar-refractivity contribution in [1.29, 1.82) is 0 Å². The Morgan fingerprint density at radius 3 is 2.61 bits per heavy atom. The third-order valence-electron chi connectivity index (χ3n) is 4.64. The highest BCUT2D eigenvalue weighted by Crippen LogP contribution is 2.32. The molecule has 0 amide bonds. The first kappa shape index (κ1) is 18.3. The Labute approximate surface area is 160 Å². The van der Waals surface area contributed by atoms with Gasteiger partial charge in [0, 0.05) is 31.1 Å². The lowest BCUT2D eigenvalue weighted by Crippen LogP contribution is -2.38. The van der Waals surface area contributed by atoms with Crippen LogP contribution in [0.4, 0.5) is 5.69 Å². The van der Waals surface area contributed by atoms with Gasteiger partial charge in [-0.3, -0.25) is 10.1 Å². The van der Waals surface area contributed by atoms with E-state index in [2.05, 4.69) is 10.2 Å². The molecular formula is C17H16N4O6S. The molecule has 0 radical (unpaired) electrons. The van der Waals surface area contributed by atoms with E-state index in [1.54, 1.807) is 12.1 Å². The smallest absolute Gasteiger partial charge is 0.283 e. The molecule has 10 nitrogen and oxygen atoms in total. The van der Waals surface area contributed by atoms with E-state index in [0.717, 1.165) is 6.07 Å². The van der Waals surface area contributed by atoms with Crippen LogP contribution in [-0.2, 0) is 10.0 Å². The van der Waals surface area contributed by atoms with Crippen LogP contribution in [0.15, 0.2) is 56.4 Å². The van der Waals surface area contributed by atoms with Gasteiger partial charge in [0.1, 0.15) is 0 Å². The van der Waals surface area contributed by atoms with Crippen molar-refractivity contribution in [3.63, 3.8) is 0 Å². The molecule has 11 heteroatoms. The first-order valence-electron chi connectivity index (χ1n) is 8.57. The summed E-state index contributed by atoms with van der Waals surface area (Å²) in [5.41, 5.74) is -0.257. The zero-order valence-corrected chi connectivity index (χ0v) is 15.4. The lowest BCUT2D eigenvalue weighted by Gasteiger charge is -2.29. The van der Waals surface area contributed by atoms with Crippen LogP contribution in [0.2, 0.25) is 0 Å². The Kier molecular flexibility index (Phi) is 4.69. The van der Waals surface area contributed by atoms with Crippen LogP contribution in [-0.4, -0.2) is 40.9 Å². The molecule has 0 unspecified atom stereocenters. The Morgan fingerprint density at radius 1 is 1.14 bits per heavy atom. The molecule has 0 spiro atoms.